The molecule has 0 amide bonds. The normalized spacial score (nSPS) is 14.9. The van der Waals surface area contributed by atoms with Crippen molar-refractivity contribution in [1.29, 1.82) is 0 Å². The second-order valence-corrected chi connectivity index (χ2v) is 12.2. The highest BCUT2D eigenvalue weighted by Crippen LogP contribution is 2.43. The predicted molar refractivity (Wildman–Crippen MR) is 196 cm³/mol. The monoisotopic (exact) mass is 617 g/mol. The van der Waals surface area contributed by atoms with E-state index in [9.17, 15) is 0 Å². The van der Waals surface area contributed by atoms with Crippen LogP contribution in [0.2, 0.25) is 0 Å². The number of nitrogens with one attached hydrogen (secondary N) is 1. The van der Waals surface area contributed by atoms with Gasteiger partial charge in [-0.1, -0.05) is 127 Å². The van der Waals surface area contributed by atoms with Crippen molar-refractivity contribution in [1.82, 2.24) is 5.32 Å². The van der Waals surface area contributed by atoms with Gasteiger partial charge >= 0.3 is 0 Å². The number of aliphatic imine (C=N–C) groups is 2. The van der Waals surface area contributed by atoms with Crippen molar-refractivity contribution < 1.29 is 8.83 Å². The molecule has 1 aliphatic heterocycles. The fourth-order valence-corrected chi connectivity index (χ4v) is 7.10. The minimum Gasteiger partial charge on any atom is -0.456 e. The molecular formula is C43H27N3O2. The van der Waals surface area contributed by atoms with Gasteiger partial charge in [-0.2, -0.15) is 0 Å². The summed E-state index contributed by atoms with van der Waals surface area (Å²) in [5.74, 6) is 1.45. The first-order chi connectivity index (χ1) is 23.8. The fourth-order valence-electron chi connectivity index (χ4n) is 7.10. The van der Waals surface area contributed by atoms with E-state index in [1.807, 2.05) is 54.6 Å². The van der Waals surface area contributed by atoms with Gasteiger partial charge in [0.15, 0.2) is 5.84 Å². The molecule has 0 saturated heterocycles. The van der Waals surface area contributed by atoms with E-state index in [1.54, 1.807) is 0 Å². The molecule has 2 aromatic heterocycles. The molecule has 0 saturated carbocycles. The zero-order valence-electron chi connectivity index (χ0n) is 25.7. The smallest absolute Gasteiger partial charge is 0.160 e. The average molecular weight is 618 g/mol. The van der Waals surface area contributed by atoms with Gasteiger partial charge in [-0.05, 0) is 46.2 Å². The van der Waals surface area contributed by atoms with Gasteiger partial charge in [-0.25, -0.2) is 9.98 Å². The number of nitrogens with zero attached hydrogens (tertiary/aromatic N) is 2. The zero-order chi connectivity index (χ0) is 31.6. The lowest BCUT2D eigenvalue weighted by molar-refractivity contribution is 0.668. The molecule has 10 rings (SSSR count). The van der Waals surface area contributed by atoms with Crippen LogP contribution >= 0.6 is 0 Å². The van der Waals surface area contributed by atoms with E-state index in [0.717, 1.165) is 82.9 Å². The number of para-hydroxylation sites is 1. The van der Waals surface area contributed by atoms with E-state index in [1.165, 1.54) is 5.39 Å². The third kappa shape index (κ3) is 4.18. The van der Waals surface area contributed by atoms with Crippen LogP contribution < -0.4 is 5.32 Å². The molecular weight excluding hydrogens is 590 g/mol. The fraction of sp³-hybridized carbons (Fsp3) is 0.0233. The Kier molecular flexibility index (Phi) is 5.87. The summed E-state index contributed by atoms with van der Waals surface area (Å²) in [5.41, 5.74) is 8.42. The highest BCUT2D eigenvalue weighted by atomic mass is 16.3. The molecule has 0 fully saturated rings. The maximum absolute atomic E-state index is 6.75. The van der Waals surface area contributed by atoms with Gasteiger partial charge in [0.1, 0.15) is 34.3 Å². The molecule has 226 valence electrons. The lowest BCUT2D eigenvalue weighted by Crippen LogP contribution is -2.33. The van der Waals surface area contributed by atoms with Gasteiger partial charge in [-0.3, -0.25) is 0 Å². The maximum Gasteiger partial charge on any atom is 0.160 e. The average Bonchev–Trinajstić information content (AvgIpc) is 3.72. The molecule has 1 atom stereocenters. The Hall–Kier alpha value is -6.46. The molecule has 0 aliphatic carbocycles. The molecule has 5 heteroatoms. The maximum atomic E-state index is 6.75. The van der Waals surface area contributed by atoms with Gasteiger partial charge in [0.25, 0.3) is 0 Å². The summed E-state index contributed by atoms with van der Waals surface area (Å²) in [7, 11) is 0. The first-order valence-electron chi connectivity index (χ1n) is 16.1. The molecule has 0 bridgehead atoms. The lowest BCUT2D eigenvalue weighted by Gasteiger charge is -2.23. The third-order valence-corrected chi connectivity index (χ3v) is 9.32. The largest absolute Gasteiger partial charge is 0.456 e. The molecule has 5 nitrogen and oxygen atoms in total. The van der Waals surface area contributed by atoms with Gasteiger partial charge < -0.3 is 14.2 Å². The molecule has 7 aromatic carbocycles. The van der Waals surface area contributed by atoms with Crippen molar-refractivity contribution >= 4 is 66.3 Å². The first-order valence-corrected chi connectivity index (χ1v) is 16.1. The van der Waals surface area contributed by atoms with E-state index < -0.39 is 0 Å². The highest BCUT2D eigenvalue weighted by Gasteiger charge is 2.24. The molecule has 1 unspecified atom stereocenters. The molecule has 1 N–H and O–H groups in total. The van der Waals surface area contributed by atoms with Crippen LogP contribution in [0.5, 0.6) is 0 Å². The first kappa shape index (κ1) is 26.7. The van der Waals surface area contributed by atoms with Crippen molar-refractivity contribution in [3.63, 3.8) is 0 Å². The number of furan rings is 2. The van der Waals surface area contributed by atoms with Crippen molar-refractivity contribution in [2.75, 3.05) is 0 Å². The van der Waals surface area contributed by atoms with E-state index in [0.29, 0.717) is 5.84 Å². The predicted octanol–water partition coefficient (Wildman–Crippen LogP) is 10.8. The molecule has 9 aromatic rings. The highest BCUT2D eigenvalue weighted by molar-refractivity contribution is 6.24. The number of benzene rings is 7. The van der Waals surface area contributed by atoms with Gasteiger partial charge in [0.2, 0.25) is 0 Å². The summed E-state index contributed by atoms with van der Waals surface area (Å²) < 4.78 is 13.2. The van der Waals surface area contributed by atoms with Crippen molar-refractivity contribution in [2.24, 2.45) is 9.98 Å². The second-order valence-electron chi connectivity index (χ2n) is 12.2. The van der Waals surface area contributed by atoms with E-state index in [-0.39, 0.29) is 6.17 Å². The standard InChI is InChI=1S/C43H27N3O2/c1-3-12-26(13-4-1)41-44-42(27-14-5-2-6-15-27)46-43(45-41)33-21-11-23-36-39(33)32-20-9-19-31(40(32)48-36)30-18-10-22-35-38(30)34-24-28-16-7-8-17-29(28)25-37(34)47-35/h1-25,41H,(H,44,45,46). The van der Waals surface area contributed by atoms with Crippen LogP contribution in [0.4, 0.5) is 0 Å². The number of rotatable bonds is 4. The van der Waals surface area contributed by atoms with Crippen LogP contribution in [0, 0.1) is 0 Å². The summed E-state index contributed by atoms with van der Waals surface area (Å²) in [5, 5.41) is 10.1. The number of fused-ring (bicyclic) bond motifs is 7. The molecule has 3 heterocycles. The van der Waals surface area contributed by atoms with Crippen LogP contribution in [-0.4, -0.2) is 11.7 Å². The van der Waals surface area contributed by atoms with E-state index >= 15 is 0 Å². The molecule has 0 radical (unpaired) electrons. The van der Waals surface area contributed by atoms with Crippen LogP contribution in [-0.2, 0) is 0 Å². The number of hydrogen-bond donors (Lipinski definition) is 1. The quantitative estimate of drug-likeness (QED) is 0.214. The molecule has 48 heavy (non-hydrogen) atoms. The lowest BCUT2D eigenvalue weighted by atomic mass is 9.96. The Morgan fingerprint density at radius 1 is 0.500 bits per heavy atom. The minimum absolute atomic E-state index is 0.291. The number of hydrogen-bond acceptors (Lipinski definition) is 5. The van der Waals surface area contributed by atoms with Crippen LogP contribution in [0.1, 0.15) is 22.9 Å². The summed E-state index contributed by atoms with van der Waals surface area (Å²) >= 11 is 0. The van der Waals surface area contributed by atoms with Crippen LogP contribution in [0.15, 0.2) is 170 Å². The van der Waals surface area contributed by atoms with Crippen molar-refractivity contribution in [2.45, 2.75) is 6.17 Å². The van der Waals surface area contributed by atoms with Crippen molar-refractivity contribution in [3.05, 3.63) is 168 Å². The Morgan fingerprint density at radius 2 is 1.15 bits per heavy atom. The third-order valence-electron chi connectivity index (χ3n) is 9.32. The molecule has 1 aliphatic rings. The Balaban J connectivity index is 1.19. The Labute approximate surface area is 275 Å². The summed E-state index contributed by atoms with van der Waals surface area (Å²) in [6.07, 6.45) is -0.291. The van der Waals surface area contributed by atoms with Gasteiger partial charge in [0.05, 0.1) is 0 Å². The Morgan fingerprint density at radius 3 is 1.96 bits per heavy atom. The zero-order valence-corrected chi connectivity index (χ0v) is 25.7. The van der Waals surface area contributed by atoms with Crippen LogP contribution in [0.25, 0.3) is 65.8 Å². The van der Waals surface area contributed by atoms with Crippen molar-refractivity contribution in [3.8, 4) is 11.1 Å². The topological polar surface area (TPSA) is 63.0 Å². The van der Waals surface area contributed by atoms with E-state index in [2.05, 4.69) is 102 Å². The number of amidine groups is 2. The summed E-state index contributed by atoms with van der Waals surface area (Å²) in [6, 6.07) is 52.1. The Bertz CT molecular complexity index is 2760. The minimum atomic E-state index is -0.291. The van der Waals surface area contributed by atoms with Crippen LogP contribution in [0.3, 0.4) is 0 Å². The van der Waals surface area contributed by atoms with Gasteiger partial charge in [-0.15, -0.1) is 0 Å². The summed E-state index contributed by atoms with van der Waals surface area (Å²) in [6.45, 7) is 0. The van der Waals surface area contributed by atoms with E-state index in [4.69, 9.17) is 18.8 Å². The molecule has 0 spiro atoms. The second kappa shape index (κ2) is 10.5. The SMILES string of the molecule is c1ccc(C2=NC(c3cccc4oc5c(-c6cccc7oc8cc9ccccc9cc8c67)cccc5c34)=NC(c3ccccc3)N2)cc1. The van der Waals surface area contributed by atoms with Gasteiger partial charge in [0, 0.05) is 38.2 Å². The summed E-state index contributed by atoms with van der Waals surface area (Å²) in [4.78, 5) is 10.3.